The highest BCUT2D eigenvalue weighted by molar-refractivity contribution is 14.1. The van der Waals surface area contributed by atoms with Crippen LogP contribution in [0.1, 0.15) is 24.0 Å². The minimum Gasteiger partial charge on any atom is -0.487 e. The predicted molar refractivity (Wildman–Crippen MR) is 103 cm³/mol. The molecule has 1 aliphatic heterocycles. The maximum Gasteiger partial charge on any atom is 0.338 e. The van der Waals surface area contributed by atoms with E-state index in [1.165, 1.54) is 0 Å². The average molecular weight is 434 g/mol. The van der Waals surface area contributed by atoms with Crippen LogP contribution >= 0.6 is 22.6 Å². The summed E-state index contributed by atoms with van der Waals surface area (Å²) in [4.78, 5) is 12.7. The molecule has 0 bridgehead atoms. The van der Waals surface area contributed by atoms with Crippen LogP contribution in [0.5, 0.6) is 0 Å². The standard InChI is InChI=1S/C20H19IO3/c1-2-23-20(22)18-17(14-9-5-3-6-10-14)16(13-21)24-19(18)15-11-7-4-8-12-15/h3-12,16-17H,2,13H2,1H3/t16-,17+/m1/s1. The molecule has 2 aromatic rings. The molecular weight excluding hydrogens is 415 g/mol. The van der Waals surface area contributed by atoms with Crippen molar-refractivity contribution < 1.29 is 14.3 Å². The molecule has 0 fully saturated rings. The van der Waals surface area contributed by atoms with Gasteiger partial charge >= 0.3 is 5.97 Å². The second-order valence-electron chi connectivity index (χ2n) is 5.53. The van der Waals surface area contributed by atoms with Crippen LogP contribution in [0, 0.1) is 0 Å². The van der Waals surface area contributed by atoms with E-state index < -0.39 is 0 Å². The van der Waals surface area contributed by atoms with Crippen molar-refractivity contribution in [2.45, 2.75) is 18.9 Å². The zero-order valence-corrected chi connectivity index (χ0v) is 15.6. The Balaban J connectivity index is 2.13. The van der Waals surface area contributed by atoms with E-state index >= 15 is 0 Å². The number of halogens is 1. The van der Waals surface area contributed by atoms with Crippen molar-refractivity contribution in [1.29, 1.82) is 0 Å². The third-order valence-corrected chi connectivity index (χ3v) is 4.91. The lowest BCUT2D eigenvalue weighted by molar-refractivity contribution is -0.138. The van der Waals surface area contributed by atoms with Crippen LogP contribution in [-0.2, 0) is 14.3 Å². The van der Waals surface area contributed by atoms with E-state index in [-0.39, 0.29) is 18.0 Å². The number of carbonyl (C=O) groups excluding carboxylic acids is 1. The third-order valence-electron chi connectivity index (χ3n) is 4.04. The molecule has 0 amide bonds. The van der Waals surface area contributed by atoms with Crippen molar-refractivity contribution in [3.63, 3.8) is 0 Å². The summed E-state index contributed by atoms with van der Waals surface area (Å²) in [7, 11) is 0. The molecule has 1 heterocycles. The fraction of sp³-hybridized carbons (Fsp3) is 0.250. The molecule has 0 spiro atoms. The molecule has 4 heteroatoms. The summed E-state index contributed by atoms with van der Waals surface area (Å²) in [6.07, 6.45) is -0.0809. The first-order valence-electron chi connectivity index (χ1n) is 8.00. The predicted octanol–water partition coefficient (Wildman–Crippen LogP) is 4.58. The number of rotatable bonds is 5. The van der Waals surface area contributed by atoms with Crippen molar-refractivity contribution in [2.24, 2.45) is 0 Å². The summed E-state index contributed by atoms with van der Waals surface area (Å²) in [5.41, 5.74) is 2.61. The lowest BCUT2D eigenvalue weighted by Gasteiger charge is -2.19. The van der Waals surface area contributed by atoms with Gasteiger partial charge in [0.15, 0.2) is 0 Å². The highest BCUT2D eigenvalue weighted by Gasteiger charge is 2.41. The quantitative estimate of drug-likeness (QED) is 0.393. The lowest BCUT2D eigenvalue weighted by atomic mass is 9.87. The average Bonchev–Trinajstić information content (AvgIpc) is 3.03. The van der Waals surface area contributed by atoms with Crippen molar-refractivity contribution in [2.75, 3.05) is 11.0 Å². The summed E-state index contributed by atoms with van der Waals surface area (Å²) in [5, 5.41) is 0. The van der Waals surface area contributed by atoms with Crippen molar-refractivity contribution >= 4 is 34.3 Å². The Labute approximate surface area is 155 Å². The Morgan fingerprint density at radius 3 is 2.29 bits per heavy atom. The van der Waals surface area contributed by atoms with E-state index in [4.69, 9.17) is 9.47 Å². The largest absolute Gasteiger partial charge is 0.487 e. The molecule has 124 valence electrons. The minimum atomic E-state index is -0.294. The number of benzene rings is 2. The monoisotopic (exact) mass is 434 g/mol. The summed E-state index contributed by atoms with van der Waals surface area (Å²) >= 11 is 2.31. The highest BCUT2D eigenvalue weighted by atomic mass is 127. The fourth-order valence-electron chi connectivity index (χ4n) is 3.01. The van der Waals surface area contributed by atoms with Crippen LogP contribution in [0.3, 0.4) is 0 Å². The highest BCUT2D eigenvalue weighted by Crippen LogP contribution is 2.44. The van der Waals surface area contributed by atoms with Gasteiger partial charge in [-0.3, -0.25) is 0 Å². The topological polar surface area (TPSA) is 35.5 Å². The van der Waals surface area contributed by atoms with E-state index in [2.05, 4.69) is 22.6 Å². The zero-order valence-electron chi connectivity index (χ0n) is 13.4. The summed E-state index contributed by atoms with van der Waals surface area (Å²) in [6.45, 7) is 2.17. The molecule has 0 radical (unpaired) electrons. The smallest absolute Gasteiger partial charge is 0.338 e. The van der Waals surface area contributed by atoms with Crippen LogP contribution in [0.25, 0.3) is 5.76 Å². The van der Waals surface area contributed by atoms with Gasteiger partial charge in [0.25, 0.3) is 0 Å². The maximum atomic E-state index is 12.7. The van der Waals surface area contributed by atoms with Gasteiger partial charge in [0.2, 0.25) is 0 Å². The van der Waals surface area contributed by atoms with Crippen molar-refractivity contribution in [3.8, 4) is 0 Å². The molecule has 0 saturated carbocycles. The van der Waals surface area contributed by atoms with Crippen LogP contribution in [0.4, 0.5) is 0 Å². The van der Waals surface area contributed by atoms with Gasteiger partial charge in [0, 0.05) is 9.99 Å². The first-order valence-corrected chi connectivity index (χ1v) is 9.53. The van der Waals surface area contributed by atoms with Gasteiger partial charge in [-0.05, 0) is 12.5 Å². The molecular formula is C20H19IO3. The molecule has 3 nitrogen and oxygen atoms in total. The molecule has 24 heavy (non-hydrogen) atoms. The van der Waals surface area contributed by atoms with E-state index in [1.807, 2.05) is 67.6 Å². The third kappa shape index (κ3) is 3.34. The molecule has 1 aliphatic rings. The van der Waals surface area contributed by atoms with Crippen LogP contribution < -0.4 is 0 Å². The van der Waals surface area contributed by atoms with Gasteiger partial charge in [-0.2, -0.15) is 0 Å². The number of esters is 1. The molecule has 2 aromatic carbocycles. The van der Waals surface area contributed by atoms with Gasteiger partial charge in [-0.1, -0.05) is 83.3 Å². The van der Waals surface area contributed by atoms with E-state index in [0.717, 1.165) is 15.6 Å². The van der Waals surface area contributed by atoms with Gasteiger partial charge in [0.05, 0.1) is 18.1 Å². The second kappa shape index (κ2) is 7.83. The first-order chi connectivity index (χ1) is 11.8. The van der Waals surface area contributed by atoms with Crippen LogP contribution in [-0.4, -0.2) is 23.1 Å². The van der Waals surface area contributed by atoms with Crippen molar-refractivity contribution in [1.82, 2.24) is 0 Å². The SMILES string of the molecule is CCOC(=O)C1=C(c2ccccc2)O[C@H](CI)[C@@H]1c1ccccc1. The number of alkyl halides is 1. The Morgan fingerprint density at radius 2 is 1.71 bits per heavy atom. The number of ether oxygens (including phenoxy) is 2. The molecule has 0 aromatic heterocycles. The van der Waals surface area contributed by atoms with Gasteiger partial charge < -0.3 is 9.47 Å². The Kier molecular flexibility index (Phi) is 5.56. The van der Waals surface area contributed by atoms with E-state index in [0.29, 0.717) is 17.9 Å². The van der Waals surface area contributed by atoms with E-state index in [1.54, 1.807) is 0 Å². The van der Waals surface area contributed by atoms with Gasteiger partial charge in [-0.25, -0.2) is 4.79 Å². The molecule has 2 atom stereocenters. The molecule has 0 N–H and O–H groups in total. The second-order valence-corrected chi connectivity index (χ2v) is 6.41. The fourth-order valence-corrected chi connectivity index (χ4v) is 3.70. The maximum absolute atomic E-state index is 12.7. The van der Waals surface area contributed by atoms with Crippen LogP contribution in [0.2, 0.25) is 0 Å². The number of hydrogen-bond acceptors (Lipinski definition) is 3. The molecule has 0 aliphatic carbocycles. The summed E-state index contributed by atoms with van der Waals surface area (Å²) in [6, 6.07) is 19.8. The normalized spacial score (nSPS) is 19.9. The Bertz CT molecular complexity index is 725. The van der Waals surface area contributed by atoms with Crippen LogP contribution in [0.15, 0.2) is 66.2 Å². The number of carbonyl (C=O) groups is 1. The summed E-state index contributed by atoms with van der Waals surface area (Å²) < 4.78 is 12.3. The molecule has 0 unspecified atom stereocenters. The van der Waals surface area contributed by atoms with Gasteiger partial charge in [0.1, 0.15) is 11.9 Å². The first kappa shape index (κ1) is 17.0. The minimum absolute atomic E-state index is 0.0809. The number of hydrogen-bond donors (Lipinski definition) is 0. The van der Waals surface area contributed by atoms with Gasteiger partial charge in [-0.15, -0.1) is 0 Å². The Morgan fingerprint density at radius 1 is 1.08 bits per heavy atom. The molecule has 0 saturated heterocycles. The molecule has 3 rings (SSSR count). The zero-order chi connectivity index (χ0) is 16.9. The lowest BCUT2D eigenvalue weighted by Crippen LogP contribution is -2.22. The summed E-state index contributed by atoms with van der Waals surface area (Å²) in [5.74, 6) is 0.236. The Hall–Kier alpha value is -1.82. The van der Waals surface area contributed by atoms with Crippen molar-refractivity contribution in [3.05, 3.63) is 77.4 Å². The van der Waals surface area contributed by atoms with E-state index in [9.17, 15) is 4.79 Å².